The lowest BCUT2D eigenvalue weighted by atomic mass is 10.2. The number of unbranched alkanes of at least 4 members (excludes halogenated alkanes) is 1. The van der Waals surface area contributed by atoms with Crippen molar-refractivity contribution in [2.24, 2.45) is 0 Å². The molecule has 1 heterocycles. The van der Waals surface area contributed by atoms with Gasteiger partial charge in [-0.05, 0) is 40.9 Å². The predicted octanol–water partition coefficient (Wildman–Crippen LogP) is 4.19. The van der Waals surface area contributed by atoms with Crippen LogP contribution in [0.3, 0.4) is 0 Å². The summed E-state index contributed by atoms with van der Waals surface area (Å²) in [4.78, 5) is 5.41. The monoisotopic (exact) mass is 352 g/mol. The summed E-state index contributed by atoms with van der Waals surface area (Å²) in [5.41, 5.74) is 6.01. The molecule has 2 rings (SSSR count). The van der Waals surface area contributed by atoms with Crippen LogP contribution in [0.5, 0.6) is 0 Å². The Balaban J connectivity index is 2.24. The average Bonchev–Trinajstić information content (AvgIpc) is 2.46. The number of hydrogen-bond acceptors (Lipinski definition) is 3. The van der Waals surface area contributed by atoms with Crippen molar-refractivity contribution in [3.05, 3.63) is 47.2 Å². The van der Waals surface area contributed by atoms with Crippen LogP contribution in [0.2, 0.25) is 0 Å². The van der Waals surface area contributed by atoms with E-state index in [4.69, 9.17) is 5.73 Å². The molecule has 2 aromatic rings. The Hall–Kier alpha value is -1.07. The molecule has 1 atom stereocenters. The first-order valence-electron chi connectivity index (χ1n) is 6.75. The van der Waals surface area contributed by atoms with Crippen molar-refractivity contribution in [1.82, 2.24) is 4.98 Å². The van der Waals surface area contributed by atoms with Crippen molar-refractivity contribution in [2.45, 2.75) is 36.5 Å². The molecule has 0 aliphatic rings. The number of thioether (sulfide) groups is 1. The zero-order valence-corrected chi connectivity index (χ0v) is 13.9. The third-order valence-corrected chi connectivity index (χ3v) is 5.32. The van der Waals surface area contributed by atoms with Gasteiger partial charge in [0.2, 0.25) is 0 Å². The molecule has 0 aliphatic carbocycles. The van der Waals surface area contributed by atoms with Gasteiger partial charge in [-0.15, -0.1) is 0 Å². The standard InChI is InChI=1S/C15H18BrN3S/c1-2-3-9-14(19-11-6-10-18-15(19)17)20-13-8-5-4-7-12(13)16/h4-8,10-11,14,17H,2-3,9H2,1H3/p+1. The zero-order valence-electron chi connectivity index (χ0n) is 11.5. The van der Waals surface area contributed by atoms with E-state index in [2.05, 4.69) is 50.6 Å². The van der Waals surface area contributed by atoms with Gasteiger partial charge in [0.1, 0.15) is 11.6 Å². The summed E-state index contributed by atoms with van der Waals surface area (Å²) < 4.78 is 3.18. The van der Waals surface area contributed by atoms with Crippen molar-refractivity contribution in [3.8, 4) is 0 Å². The Morgan fingerprint density at radius 1 is 1.35 bits per heavy atom. The second-order valence-electron chi connectivity index (χ2n) is 4.53. The fourth-order valence-corrected chi connectivity index (χ4v) is 3.73. The van der Waals surface area contributed by atoms with Gasteiger partial charge in [0.25, 0.3) is 0 Å². The average molecular weight is 353 g/mol. The van der Waals surface area contributed by atoms with Gasteiger partial charge in [-0.3, -0.25) is 5.73 Å². The van der Waals surface area contributed by atoms with Crippen LogP contribution in [-0.4, -0.2) is 4.98 Å². The Morgan fingerprint density at radius 3 is 2.85 bits per heavy atom. The lowest BCUT2D eigenvalue weighted by Crippen LogP contribution is -2.41. The molecule has 106 valence electrons. The maximum absolute atomic E-state index is 6.01. The second kappa shape index (κ2) is 7.64. The van der Waals surface area contributed by atoms with Crippen molar-refractivity contribution >= 4 is 33.6 Å². The molecule has 0 amide bonds. The van der Waals surface area contributed by atoms with Crippen molar-refractivity contribution in [1.29, 1.82) is 0 Å². The van der Waals surface area contributed by atoms with Crippen molar-refractivity contribution in [2.75, 3.05) is 5.73 Å². The van der Waals surface area contributed by atoms with E-state index in [9.17, 15) is 0 Å². The highest BCUT2D eigenvalue weighted by Crippen LogP contribution is 2.35. The number of nitrogens with two attached hydrogens (primary N) is 1. The van der Waals surface area contributed by atoms with Gasteiger partial charge in [-0.25, -0.2) is 4.57 Å². The van der Waals surface area contributed by atoms with E-state index in [1.165, 1.54) is 17.7 Å². The Kier molecular flexibility index (Phi) is 5.86. The number of nitrogen functional groups attached to an aromatic ring is 1. The molecule has 0 bridgehead atoms. The first kappa shape index (κ1) is 15.3. The number of halogens is 1. The minimum Gasteiger partial charge on any atom is -0.287 e. The van der Waals surface area contributed by atoms with Gasteiger partial charge in [-0.2, -0.15) is 0 Å². The Labute approximate surface area is 132 Å². The van der Waals surface area contributed by atoms with Crippen LogP contribution in [0.1, 0.15) is 31.6 Å². The highest BCUT2D eigenvalue weighted by Gasteiger charge is 2.19. The molecule has 5 heteroatoms. The fourth-order valence-electron chi connectivity index (χ4n) is 1.96. The van der Waals surface area contributed by atoms with E-state index in [-0.39, 0.29) is 5.37 Å². The molecule has 0 saturated heterocycles. The van der Waals surface area contributed by atoms with Crippen LogP contribution >= 0.6 is 27.7 Å². The first-order valence-corrected chi connectivity index (χ1v) is 8.42. The lowest BCUT2D eigenvalue weighted by Gasteiger charge is -2.17. The van der Waals surface area contributed by atoms with E-state index < -0.39 is 0 Å². The minimum atomic E-state index is 0.266. The number of hydrogen-bond donors (Lipinski definition) is 1. The maximum atomic E-state index is 6.01. The van der Waals surface area contributed by atoms with Gasteiger partial charge < -0.3 is 0 Å². The number of rotatable bonds is 6. The smallest absolute Gasteiger partial charge is 0.287 e. The quantitative estimate of drug-likeness (QED) is 0.625. The number of nitrogens with zero attached hydrogens (tertiary/aromatic N) is 2. The number of benzene rings is 1. The van der Waals surface area contributed by atoms with E-state index in [1.807, 2.05) is 30.1 Å². The topological polar surface area (TPSA) is 42.8 Å². The summed E-state index contributed by atoms with van der Waals surface area (Å²) in [5, 5.41) is 0.266. The van der Waals surface area contributed by atoms with Gasteiger partial charge >= 0.3 is 5.95 Å². The molecule has 0 aliphatic heterocycles. The molecule has 20 heavy (non-hydrogen) atoms. The molecule has 1 aromatic heterocycles. The van der Waals surface area contributed by atoms with Crippen LogP contribution in [-0.2, 0) is 0 Å². The molecule has 3 nitrogen and oxygen atoms in total. The SMILES string of the molecule is CCCCC(Sc1ccccc1Br)[n+]1cccnc1N. The van der Waals surface area contributed by atoms with Gasteiger partial charge in [-0.1, -0.05) is 42.2 Å². The van der Waals surface area contributed by atoms with Crippen molar-refractivity contribution < 1.29 is 4.57 Å². The van der Waals surface area contributed by atoms with Gasteiger partial charge in [0.15, 0.2) is 0 Å². The van der Waals surface area contributed by atoms with Crippen LogP contribution < -0.4 is 10.3 Å². The second-order valence-corrected chi connectivity index (χ2v) is 6.60. The summed E-state index contributed by atoms with van der Waals surface area (Å²) in [6.45, 7) is 2.21. The number of anilines is 1. The molecule has 1 unspecified atom stereocenters. The largest absolute Gasteiger partial charge is 0.390 e. The summed E-state index contributed by atoms with van der Waals surface area (Å²) in [6, 6.07) is 10.2. The first-order chi connectivity index (χ1) is 9.72. The molecule has 0 spiro atoms. The molecular formula is C15H19BrN3S+. The fraction of sp³-hybridized carbons (Fsp3) is 0.333. The van der Waals surface area contributed by atoms with Crippen LogP contribution in [0, 0.1) is 0 Å². The molecule has 1 aromatic carbocycles. The van der Waals surface area contributed by atoms with Crippen molar-refractivity contribution in [3.63, 3.8) is 0 Å². The lowest BCUT2D eigenvalue weighted by molar-refractivity contribution is -0.688. The predicted molar refractivity (Wildman–Crippen MR) is 87.4 cm³/mol. The Bertz CT molecular complexity index is 562. The maximum Gasteiger partial charge on any atom is 0.390 e. The third-order valence-electron chi connectivity index (χ3n) is 3.02. The van der Waals surface area contributed by atoms with Crippen LogP contribution in [0.15, 0.2) is 52.1 Å². The highest BCUT2D eigenvalue weighted by molar-refractivity contribution is 9.10. The third kappa shape index (κ3) is 3.96. The van der Waals surface area contributed by atoms with Crippen LogP contribution in [0.25, 0.3) is 0 Å². The van der Waals surface area contributed by atoms with Gasteiger partial charge in [0, 0.05) is 15.4 Å². The zero-order chi connectivity index (χ0) is 14.4. The minimum absolute atomic E-state index is 0.266. The summed E-state index contributed by atoms with van der Waals surface area (Å²) in [5.74, 6) is 0.563. The molecule has 0 saturated carbocycles. The summed E-state index contributed by atoms with van der Waals surface area (Å²) >= 11 is 5.43. The molecule has 2 N–H and O–H groups in total. The van der Waals surface area contributed by atoms with E-state index in [1.54, 1.807) is 6.20 Å². The molecule has 0 fully saturated rings. The highest BCUT2D eigenvalue weighted by atomic mass is 79.9. The van der Waals surface area contributed by atoms with E-state index in [0.717, 1.165) is 10.9 Å². The van der Waals surface area contributed by atoms with E-state index in [0.29, 0.717) is 5.95 Å². The van der Waals surface area contributed by atoms with Crippen LogP contribution in [0.4, 0.5) is 5.95 Å². The molecule has 0 radical (unpaired) electrons. The summed E-state index contributed by atoms with van der Waals surface area (Å²) in [7, 11) is 0. The normalized spacial score (nSPS) is 12.3. The number of aromatic nitrogens is 2. The summed E-state index contributed by atoms with van der Waals surface area (Å²) in [6.07, 6.45) is 7.15. The Morgan fingerprint density at radius 2 is 2.15 bits per heavy atom. The van der Waals surface area contributed by atoms with E-state index >= 15 is 0 Å². The van der Waals surface area contributed by atoms with Gasteiger partial charge in [0.05, 0.1) is 6.20 Å². The molecular weight excluding hydrogens is 334 g/mol.